The van der Waals surface area contributed by atoms with Gasteiger partial charge in [-0.1, -0.05) is 11.3 Å². The monoisotopic (exact) mass is 453 g/mol. The Hall–Kier alpha value is -1.000. The number of methoxy groups -OCH3 is 1. The van der Waals surface area contributed by atoms with E-state index in [9.17, 15) is 9.59 Å². The van der Waals surface area contributed by atoms with Crippen molar-refractivity contribution in [2.24, 2.45) is 5.92 Å². The van der Waals surface area contributed by atoms with Gasteiger partial charge >= 0.3 is 5.97 Å². The van der Waals surface area contributed by atoms with Gasteiger partial charge in [-0.05, 0) is 51.9 Å². The molecule has 1 amide bonds. The Morgan fingerprint density at radius 1 is 1.18 bits per heavy atom. The van der Waals surface area contributed by atoms with Crippen LogP contribution in [0.5, 0.6) is 0 Å². The van der Waals surface area contributed by atoms with Crippen molar-refractivity contribution in [2.45, 2.75) is 38.0 Å². The number of likely N-dealkylation sites (tertiary alicyclic amines) is 1. The smallest absolute Gasteiger partial charge is 0.306 e. The summed E-state index contributed by atoms with van der Waals surface area (Å²) < 4.78 is 4.67. The van der Waals surface area contributed by atoms with Crippen LogP contribution in [0.25, 0.3) is 0 Å². The molecule has 1 aromatic rings. The molecule has 0 atom stereocenters. The van der Waals surface area contributed by atoms with E-state index in [1.54, 1.807) is 0 Å². The Kier molecular flexibility index (Phi) is 11.2. The van der Waals surface area contributed by atoms with Gasteiger partial charge in [0, 0.05) is 18.4 Å². The number of nitrogens with zero attached hydrogens (tertiary/aromatic N) is 3. The molecule has 1 aromatic heterocycles. The molecule has 2 saturated heterocycles. The second-order valence-corrected chi connectivity index (χ2v) is 7.91. The maximum Gasteiger partial charge on any atom is 0.306 e. The number of rotatable bonds is 6. The zero-order valence-corrected chi connectivity index (χ0v) is 18.5. The van der Waals surface area contributed by atoms with Crippen LogP contribution in [0.1, 0.15) is 43.0 Å². The predicted octanol–water partition coefficient (Wildman–Crippen LogP) is 2.06. The highest BCUT2D eigenvalue weighted by Crippen LogP contribution is 2.30. The second kappa shape index (κ2) is 12.5. The Morgan fingerprint density at radius 3 is 2.50 bits per heavy atom. The number of carbonyl (C=O) groups is 2. The molecular weight excluding hydrogens is 425 g/mol. The molecule has 3 heterocycles. The molecule has 28 heavy (non-hydrogen) atoms. The fourth-order valence-electron chi connectivity index (χ4n) is 3.50. The van der Waals surface area contributed by atoms with Crippen molar-refractivity contribution in [1.29, 1.82) is 0 Å². The normalized spacial score (nSPS) is 18.6. The first-order chi connectivity index (χ1) is 12.7. The minimum Gasteiger partial charge on any atom is -0.469 e. The Labute approximate surface area is 182 Å². The van der Waals surface area contributed by atoms with Crippen LogP contribution in [-0.2, 0) is 14.3 Å². The van der Waals surface area contributed by atoms with Gasteiger partial charge < -0.3 is 20.3 Å². The van der Waals surface area contributed by atoms with Crippen molar-refractivity contribution in [3.63, 3.8) is 0 Å². The van der Waals surface area contributed by atoms with E-state index in [1.807, 2.05) is 0 Å². The number of carbonyl (C=O) groups excluding carboxylic acids is 2. The lowest BCUT2D eigenvalue weighted by atomic mass is 9.96. The van der Waals surface area contributed by atoms with Crippen LogP contribution < -0.4 is 10.6 Å². The summed E-state index contributed by atoms with van der Waals surface area (Å²) in [5, 5.41) is 16.4. The maximum absolute atomic E-state index is 12.5. The van der Waals surface area contributed by atoms with Gasteiger partial charge in [-0.2, -0.15) is 0 Å². The third-order valence-electron chi connectivity index (χ3n) is 5.18. The largest absolute Gasteiger partial charge is 0.469 e. The summed E-state index contributed by atoms with van der Waals surface area (Å²) in [5.74, 6) is 0.296. The molecule has 0 radical (unpaired) electrons. The number of esters is 1. The molecular formula is C17H29Cl2N5O3S. The van der Waals surface area contributed by atoms with E-state index in [0.29, 0.717) is 24.0 Å². The summed E-state index contributed by atoms with van der Waals surface area (Å²) in [6, 6.07) is 0. The first-order valence-electron chi connectivity index (χ1n) is 9.30. The molecule has 2 aliphatic heterocycles. The molecule has 160 valence electrons. The van der Waals surface area contributed by atoms with E-state index >= 15 is 0 Å². The zero-order valence-electron chi connectivity index (χ0n) is 16.0. The van der Waals surface area contributed by atoms with Crippen LogP contribution in [0.3, 0.4) is 0 Å². The van der Waals surface area contributed by atoms with Crippen LogP contribution >= 0.6 is 36.2 Å². The van der Waals surface area contributed by atoms with E-state index in [-0.39, 0.29) is 42.6 Å². The van der Waals surface area contributed by atoms with Crippen molar-refractivity contribution in [2.75, 3.05) is 45.2 Å². The SMILES string of the molecule is COC(=O)CCN1CCC(C(=O)Nc2nnc(C3CCNCC3)s2)CC1.Cl.Cl. The molecule has 2 fully saturated rings. The van der Waals surface area contributed by atoms with E-state index in [0.717, 1.165) is 56.9 Å². The molecule has 0 bridgehead atoms. The highest BCUT2D eigenvalue weighted by atomic mass is 35.5. The molecule has 0 saturated carbocycles. The van der Waals surface area contributed by atoms with Crippen molar-refractivity contribution in [3.8, 4) is 0 Å². The van der Waals surface area contributed by atoms with Gasteiger partial charge in [-0.3, -0.25) is 9.59 Å². The molecule has 11 heteroatoms. The van der Waals surface area contributed by atoms with Gasteiger partial charge in [0.25, 0.3) is 0 Å². The van der Waals surface area contributed by atoms with E-state index < -0.39 is 0 Å². The maximum atomic E-state index is 12.5. The van der Waals surface area contributed by atoms with Crippen molar-refractivity contribution < 1.29 is 14.3 Å². The number of anilines is 1. The number of hydrogen-bond donors (Lipinski definition) is 2. The first-order valence-corrected chi connectivity index (χ1v) is 10.1. The number of hydrogen-bond acceptors (Lipinski definition) is 8. The predicted molar refractivity (Wildman–Crippen MR) is 114 cm³/mol. The van der Waals surface area contributed by atoms with Crippen LogP contribution in [0, 0.1) is 5.92 Å². The average Bonchev–Trinajstić information content (AvgIpc) is 3.15. The zero-order chi connectivity index (χ0) is 18.4. The summed E-state index contributed by atoms with van der Waals surface area (Å²) >= 11 is 1.50. The van der Waals surface area contributed by atoms with Gasteiger partial charge in [-0.15, -0.1) is 35.0 Å². The van der Waals surface area contributed by atoms with Crippen LogP contribution in [0.4, 0.5) is 5.13 Å². The number of amides is 1. The summed E-state index contributed by atoms with van der Waals surface area (Å²) in [6.45, 7) is 4.37. The number of halogens is 2. The highest BCUT2D eigenvalue weighted by Gasteiger charge is 2.26. The fourth-order valence-corrected chi connectivity index (χ4v) is 4.41. The molecule has 8 nitrogen and oxygen atoms in total. The van der Waals surface area contributed by atoms with Crippen LogP contribution in [0.15, 0.2) is 0 Å². The number of ether oxygens (including phenoxy) is 1. The Balaban J connectivity index is 0.00000196. The molecule has 3 rings (SSSR count). The van der Waals surface area contributed by atoms with Crippen molar-refractivity contribution in [3.05, 3.63) is 5.01 Å². The lowest BCUT2D eigenvalue weighted by molar-refractivity contribution is -0.141. The third kappa shape index (κ3) is 7.11. The lowest BCUT2D eigenvalue weighted by Crippen LogP contribution is -2.39. The standard InChI is InChI=1S/C17H27N5O3S.2ClH/c1-25-14(23)6-11-22-9-4-12(5-10-22)15(24)19-17-21-20-16(26-17)13-2-7-18-8-3-13;;/h12-13,18H,2-11H2,1H3,(H,19,21,24);2*1H. The topological polar surface area (TPSA) is 96.5 Å². The minimum atomic E-state index is -0.189. The third-order valence-corrected chi connectivity index (χ3v) is 6.18. The molecule has 2 N–H and O–H groups in total. The summed E-state index contributed by atoms with van der Waals surface area (Å²) in [5.41, 5.74) is 0. The average molecular weight is 454 g/mol. The second-order valence-electron chi connectivity index (χ2n) is 6.90. The van der Waals surface area contributed by atoms with Gasteiger partial charge in [-0.25, -0.2) is 0 Å². The summed E-state index contributed by atoms with van der Waals surface area (Å²) in [7, 11) is 1.41. The number of nitrogens with one attached hydrogen (secondary N) is 2. The molecule has 0 unspecified atom stereocenters. The lowest BCUT2D eigenvalue weighted by Gasteiger charge is -2.30. The minimum absolute atomic E-state index is 0. The van der Waals surface area contributed by atoms with Gasteiger partial charge in [0.1, 0.15) is 5.01 Å². The molecule has 0 aromatic carbocycles. The van der Waals surface area contributed by atoms with Gasteiger partial charge in [0.05, 0.1) is 13.5 Å². The molecule has 0 spiro atoms. The summed E-state index contributed by atoms with van der Waals surface area (Å²) in [6.07, 6.45) is 4.15. The Morgan fingerprint density at radius 2 is 1.86 bits per heavy atom. The van der Waals surface area contributed by atoms with Gasteiger partial charge in [0.15, 0.2) is 0 Å². The van der Waals surface area contributed by atoms with E-state index in [1.165, 1.54) is 18.4 Å². The van der Waals surface area contributed by atoms with Gasteiger partial charge in [0.2, 0.25) is 11.0 Å². The number of piperidine rings is 2. The van der Waals surface area contributed by atoms with Crippen molar-refractivity contribution in [1.82, 2.24) is 20.4 Å². The summed E-state index contributed by atoms with van der Waals surface area (Å²) in [4.78, 5) is 25.9. The molecule has 0 aliphatic carbocycles. The quantitative estimate of drug-likeness (QED) is 0.636. The number of aromatic nitrogens is 2. The Bertz CT molecular complexity index is 620. The van der Waals surface area contributed by atoms with E-state index in [4.69, 9.17) is 0 Å². The molecule has 2 aliphatic rings. The van der Waals surface area contributed by atoms with Crippen LogP contribution in [0.2, 0.25) is 0 Å². The van der Waals surface area contributed by atoms with Crippen molar-refractivity contribution >= 4 is 53.2 Å². The fraction of sp³-hybridized carbons (Fsp3) is 0.765. The van der Waals surface area contributed by atoms with Crippen LogP contribution in [-0.4, -0.2) is 66.8 Å². The first kappa shape index (κ1) is 25.0. The highest BCUT2D eigenvalue weighted by molar-refractivity contribution is 7.15. The van der Waals surface area contributed by atoms with E-state index in [2.05, 4.69) is 30.5 Å².